The number of hydrogen-bond acceptors (Lipinski definition) is 4. The number of rotatable bonds is 6. The molecule has 1 fully saturated rings. The number of carbonyl (C=O) groups excluding carboxylic acids is 2. The molecule has 1 amide bonds. The monoisotopic (exact) mass is 677 g/mol. The Balaban J connectivity index is 1.52. The molecule has 5 nitrogen and oxygen atoms in total. The molecule has 3 aromatic carbocycles. The van der Waals surface area contributed by atoms with Crippen LogP contribution < -0.4 is 0 Å². The van der Waals surface area contributed by atoms with Gasteiger partial charge in [-0.15, -0.1) is 0 Å². The number of halogens is 7. The third-order valence-corrected chi connectivity index (χ3v) is 9.11. The summed E-state index contributed by atoms with van der Waals surface area (Å²) in [5.74, 6) is -0.983. The van der Waals surface area contributed by atoms with Crippen LogP contribution in [0.15, 0.2) is 60.2 Å². The zero-order valence-corrected chi connectivity index (χ0v) is 26.9. The van der Waals surface area contributed by atoms with E-state index in [9.17, 15) is 35.9 Å². The smallest absolute Gasteiger partial charge is 0.416 e. The van der Waals surface area contributed by atoms with Crippen molar-refractivity contribution in [2.75, 3.05) is 13.7 Å². The second-order valence-electron chi connectivity index (χ2n) is 13.2. The SMILES string of the molecule is COC(=O)c1ccc(-c2ccc(F)c(C3=C(CN4C(=O)O[C@H](c5cc(C(F)(F)F)cc(C(F)(F)F)c5)C4C)CC(C)(C)CC3)c2)c(C)c1. The van der Waals surface area contributed by atoms with Crippen molar-refractivity contribution in [3.8, 4) is 11.1 Å². The number of esters is 1. The van der Waals surface area contributed by atoms with Crippen molar-refractivity contribution < 1.29 is 49.8 Å². The van der Waals surface area contributed by atoms with Crippen molar-refractivity contribution >= 4 is 17.6 Å². The van der Waals surface area contributed by atoms with Gasteiger partial charge in [-0.2, -0.15) is 26.3 Å². The quantitative estimate of drug-likeness (QED) is 0.193. The van der Waals surface area contributed by atoms with Crippen molar-refractivity contribution in [3.63, 3.8) is 0 Å². The number of alkyl halides is 6. The highest BCUT2D eigenvalue weighted by Crippen LogP contribution is 2.46. The van der Waals surface area contributed by atoms with Crippen molar-refractivity contribution in [2.24, 2.45) is 5.41 Å². The number of nitrogens with zero attached hydrogens (tertiary/aromatic N) is 1. The lowest BCUT2D eigenvalue weighted by atomic mass is 9.72. The van der Waals surface area contributed by atoms with Crippen LogP contribution in [-0.4, -0.2) is 36.7 Å². The van der Waals surface area contributed by atoms with Gasteiger partial charge in [0.25, 0.3) is 0 Å². The maximum Gasteiger partial charge on any atom is 0.416 e. The highest BCUT2D eigenvalue weighted by Gasteiger charge is 2.44. The van der Waals surface area contributed by atoms with Gasteiger partial charge in [-0.25, -0.2) is 14.0 Å². The van der Waals surface area contributed by atoms with E-state index >= 15 is 4.39 Å². The first-order valence-electron chi connectivity index (χ1n) is 15.3. The molecule has 0 spiro atoms. The first-order valence-corrected chi connectivity index (χ1v) is 15.3. The predicted octanol–water partition coefficient (Wildman–Crippen LogP) is 10.2. The Hall–Kier alpha value is -4.35. The zero-order chi connectivity index (χ0) is 35.3. The Kier molecular flexibility index (Phi) is 9.17. The molecule has 5 rings (SSSR count). The van der Waals surface area contributed by atoms with E-state index in [0.717, 1.165) is 11.1 Å². The molecule has 48 heavy (non-hydrogen) atoms. The van der Waals surface area contributed by atoms with E-state index in [4.69, 9.17) is 9.47 Å². The number of carbonyl (C=O) groups is 2. The summed E-state index contributed by atoms with van der Waals surface area (Å²) in [6, 6.07) is 9.95. The predicted molar refractivity (Wildman–Crippen MR) is 164 cm³/mol. The summed E-state index contributed by atoms with van der Waals surface area (Å²) in [4.78, 5) is 26.5. The normalized spacial score (nSPS) is 19.8. The van der Waals surface area contributed by atoms with Crippen molar-refractivity contribution in [3.05, 3.63) is 99.4 Å². The molecule has 12 heteroatoms. The highest BCUT2D eigenvalue weighted by molar-refractivity contribution is 5.90. The first-order chi connectivity index (χ1) is 22.3. The van der Waals surface area contributed by atoms with Gasteiger partial charge in [0.2, 0.25) is 0 Å². The fourth-order valence-corrected chi connectivity index (χ4v) is 6.55. The molecule has 2 atom stereocenters. The maximum atomic E-state index is 15.6. The number of aryl methyl sites for hydroxylation is 1. The lowest BCUT2D eigenvalue weighted by molar-refractivity contribution is -0.143. The number of ether oxygens (including phenoxy) is 2. The molecule has 1 saturated heterocycles. The average Bonchev–Trinajstić information content (AvgIpc) is 3.28. The summed E-state index contributed by atoms with van der Waals surface area (Å²) in [5.41, 5.74) is 0.619. The van der Waals surface area contributed by atoms with Gasteiger partial charge >= 0.3 is 24.4 Å². The third-order valence-electron chi connectivity index (χ3n) is 9.11. The summed E-state index contributed by atoms with van der Waals surface area (Å²) in [5, 5.41) is 0. The molecule has 256 valence electrons. The average molecular weight is 678 g/mol. The molecule has 3 aromatic rings. The number of allylic oxidation sites excluding steroid dienone is 1. The van der Waals surface area contributed by atoms with E-state index in [1.807, 2.05) is 20.8 Å². The Bertz CT molecular complexity index is 1760. The molecule has 0 bridgehead atoms. The van der Waals surface area contributed by atoms with E-state index in [0.29, 0.717) is 59.2 Å². The number of methoxy groups -OCH3 is 1. The summed E-state index contributed by atoms with van der Waals surface area (Å²) >= 11 is 0. The van der Waals surface area contributed by atoms with Gasteiger partial charge in [-0.1, -0.05) is 26.0 Å². The van der Waals surface area contributed by atoms with Crippen molar-refractivity contribution in [1.29, 1.82) is 0 Å². The Labute approximate surface area is 273 Å². The fourth-order valence-electron chi connectivity index (χ4n) is 6.55. The molecule has 0 radical (unpaired) electrons. The molecular formula is C36H34F7NO4. The Morgan fingerprint density at radius 2 is 1.60 bits per heavy atom. The standard InChI is InChI=1S/C36H34F7NO4/c1-19-12-22(32(45)47-5)6-8-27(19)21-7-9-30(37)29(15-21)28-10-11-34(3,4)17-24(28)18-44-20(2)31(48-33(44)46)23-13-25(35(38,39)40)16-26(14-23)36(41,42)43/h6-9,12-16,20,31H,10-11,17-18H2,1-5H3/t20?,31-/m0/s1. The lowest BCUT2D eigenvalue weighted by Gasteiger charge is -2.35. The van der Waals surface area contributed by atoms with E-state index in [-0.39, 0.29) is 18.0 Å². The Morgan fingerprint density at radius 1 is 0.958 bits per heavy atom. The van der Waals surface area contributed by atoms with Gasteiger partial charge < -0.3 is 9.47 Å². The van der Waals surface area contributed by atoms with Gasteiger partial charge in [0.1, 0.15) is 11.9 Å². The third kappa shape index (κ3) is 7.07. The van der Waals surface area contributed by atoms with Crippen LogP contribution in [0.5, 0.6) is 0 Å². The topological polar surface area (TPSA) is 55.8 Å². The minimum atomic E-state index is -5.06. The van der Waals surface area contributed by atoms with Crippen LogP contribution >= 0.6 is 0 Å². The molecule has 1 unspecified atom stereocenters. The van der Waals surface area contributed by atoms with Crippen LogP contribution in [0.2, 0.25) is 0 Å². The van der Waals surface area contributed by atoms with Crippen LogP contribution in [0.4, 0.5) is 35.5 Å². The van der Waals surface area contributed by atoms with E-state index in [1.165, 1.54) is 25.0 Å². The van der Waals surface area contributed by atoms with Crippen LogP contribution in [0.25, 0.3) is 16.7 Å². The van der Waals surface area contributed by atoms with Crippen LogP contribution in [-0.2, 0) is 21.8 Å². The lowest BCUT2D eigenvalue weighted by Crippen LogP contribution is -2.35. The molecule has 1 aliphatic heterocycles. The fraction of sp³-hybridized carbons (Fsp3) is 0.389. The minimum absolute atomic E-state index is 0.0293. The van der Waals surface area contributed by atoms with Crippen molar-refractivity contribution in [2.45, 2.75) is 71.5 Å². The molecule has 0 saturated carbocycles. The molecular weight excluding hydrogens is 643 g/mol. The number of cyclic esters (lactones) is 1. The van der Waals surface area contributed by atoms with E-state index in [1.54, 1.807) is 30.3 Å². The van der Waals surface area contributed by atoms with Gasteiger partial charge in [-0.3, -0.25) is 4.90 Å². The second-order valence-corrected chi connectivity index (χ2v) is 13.2. The number of benzene rings is 3. The number of amides is 1. The van der Waals surface area contributed by atoms with Gasteiger partial charge in [0, 0.05) is 12.1 Å². The summed E-state index contributed by atoms with van der Waals surface area (Å²) in [6.07, 6.45) is -10.8. The Morgan fingerprint density at radius 3 is 2.19 bits per heavy atom. The first kappa shape index (κ1) is 35.0. The number of hydrogen-bond donors (Lipinski definition) is 0. The van der Waals surface area contributed by atoms with Gasteiger partial charge in [0.05, 0.1) is 29.8 Å². The van der Waals surface area contributed by atoms with E-state index < -0.39 is 59.1 Å². The molecule has 0 N–H and O–H groups in total. The van der Waals surface area contributed by atoms with Gasteiger partial charge in [0.15, 0.2) is 0 Å². The van der Waals surface area contributed by atoms with Crippen LogP contribution in [0.1, 0.15) is 84.3 Å². The zero-order valence-electron chi connectivity index (χ0n) is 26.9. The van der Waals surface area contributed by atoms with E-state index in [2.05, 4.69) is 0 Å². The second kappa shape index (κ2) is 12.6. The molecule has 1 aliphatic carbocycles. The van der Waals surface area contributed by atoms with Gasteiger partial charge in [-0.05, 0) is 114 Å². The summed E-state index contributed by atoms with van der Waals surface area (Å²) in [6.45, 7) is 7.31. The summed E-state index contributed by atoms with van der Waals surface area (Å²) in [7, 11) is 1.28. The minimum Gasteiger partial charge on any atom is -0.465 e. The molecule has 1 heterocycles. The maximum absolute atomic E-state index is 15.6. The largest absolute Gasteiger partial charge is 0.465 e. The van der Waals surface area contributed by atoms with Crippen LogP contribution in [0.3, 0.4) is 0 Å². The van der Waals surface area contributed by atoms with Crippen LogP contribution in [0, 0.1) is 18.2 Å². The van der Waals surface area contributed by atoms with Crippen molar-refractivity contribution in [1.82, 2.24) is 4.90 Å². The molecule has 2 aliphatic rings. The summed E-state index contributed by atoms with van der Waals surface area (Å²) < 4.78 is 107. The highest BCUT2D eigenvalue weighted by atomic mass is 19.4. The molecule has 0 aromatic heterocycles.